The fourth-order valence-corrected chi connectivity index (χ4v) is 5.90. The predicted octanol–water partition coefficient (Wildman–Crippen LogP) is -0.106. The van der Waals surface area contributed by atoms with Gasteiger partial charge in [-0.1, -0.05) is 6.07 Å². The van der Waals surface area contributed by atoms with Crippen molar-refractivity contribution in [3.8, 4) is 0 Å². The summed E-state index contributed by atoms with van der Waals surface area (Å²) >= 11 is 0. The van der Waals surface area contributed by atoms with Gasteiger partial charge in [-0.2, -0.15) is 30.2 Å². The third kappa shape index (κ3) is 4.78. The molecule has 0 atom stereocenters. The van der Waals surface area contributed by atoms with Crippen LogP contribution < -0.4 is 4.72 Å². The second-order valence-electron chi connectivity index (χ2n) is 5.99. The molecule has 0 spiro atoms. The van der Waals surface area contributed by atoms with Crippen LogP contribution in [0.3, 0.4) is 0 Å². The Balaban J connectivity index is 2.19. The summed E-state index contributed by atoms with van der Waals surface area (Å²) in [7, 11) is -12.8. The van der Waals surface area contributed by atoms with Crippen molar-refractivity contribution in [1.29, 1.82) is 0 Å². The highest BCUT2D eigenvalue weighted by atomic mass is 32.3. The molecule has 1 aliphatic heterocycles. The van der Waals surface area contributed by atoms with Crippen LogP contribution in [0.2, 0.25) is 0 Å². The van der Waals surface area contributed by atoms with Gasteiger partial charge >= 0.3 is 10.2 Å². The minimum absolute atomic E-state index is 0.0532. The number of benzene rings is 1. The minimum Gasteiger partial charge on any atom is -0.207 e. The molecule has 0 aliphatic carbocycles. The molecule has 1 saturated heterocycles. The molecule has 1 heterocycles. The first-order chi connectivity index (χ1) is 11.8. The van der Waals surface area contributed by atoms with E-state index < -0.39 is 35.4 Å². The van der Waals surface area contributed by atoms with Crippen LogP contribution in [0, 0.1) is 0 Å². The fraction of sp³-hybridized carbons (Fsp3) is 0.538. The lowest BCUT2D eigenvalue weighted by atomic mass is 10.4. The van der Waals surface area contributed by atoms with Gasteiger partial charge in [0.25, 0.3) is 10.2 Å². The zero-order chi connectivity index (χ0) is 19.8. The lowest BCUT2D eigenvalue weighted by Gasteiger charge is -2.33. The number of halogens is 1. The molecule has 13 heteroatoms. The maximum absolute atomic E-state index is 13.1. The molecule has 9 nitrogen and oxygen atoms in total. The van der Waals surface area contributed by atoms with E-state index in [4.69, 9.17) is 0 Å². The summed E-state index contributed by atoms with van der Waals surface area (Å²) in [4.78, 5) is -1.12. The summed E-state index contributed by atoms with van der Waals surface area (Å²) in [6.07, 6.45) is 0. The van der Waals surface area contributed by atoms with Crippen LogP contribution in [0.25, 0.3) is 0 Å². The van der Waals surface area contributed by atoms with Crippen molar-refractivity contribution < 1.29 is 29.1 Å². The van der Waals surface area contributed by atoms with Gasteiger partial charge in [0.15, 0.2) is 0 Å². The number of hydrogen-bond acceptors (Lipinski definition) is 6. The van der Waals surface area contributed by atoms with E-state index in [1.807, 2.05) is 0 Å². The van der Waals surface area contributed by atoms with E-state index in [9.17, 15) is 29.1 Å². The molecule has 2 rings (SSSR count). The maximum atomic E-state index is 13.1. The van der Waals surface area contributed by atoms with Gasteiger partial charge < -0.3 is 0 Å². The van der Waals surface area contributed by atoms with E-state index in [1.54, 1.807) is 13.8 Å². The Labute approximate surface area is 153 Å². The molecule has 26 heavy (non-hydrogen) atoms. The summed E-state index contributed by atoms with van der Waals surface area (Å²) in [5.74, 6) is 0. The Hall–Kier alpha value is -1.12. The molecule has 1 aromatic rings. The smallest absolute Gasteiger partial charge is 0.207 e. The van der Waals surface area contributed by atoms with Gasteiger partial charge in [0.1, 0.15) is 0 Å². The van der Waals surface area contributed by atoms with Gasteiger partial charge in [-0.05, 0) is 32.0 Å². The topological polar surface area (TPSA) is 121 Å². The zero-order valence-electron chi connectivity index (χ0n) is 14.2. The standard InChI is InChI=1S/C13H20FN3O6S3/c1-11(2)15-26(22,23)17-8-6-16(7-9-17)25(20,21)13-5-3-4-12(10-13)24(14,18)19/h3-5,10-11,15H,6-9H2,1-2H3. The van der Waals surface area contributed by atoms with Gasteiger partial charge in [-0.3, -0.25) is 0 Å². The number of nitrogens with zero attached hydrogens (tertiary/aromatic N) is 2. The molecule has 0 radical (unpaired) electrons. The van der Waals surface area contributed by atoms with Crippen molar-refractivity contribution in [1.82, 2.24) is 13.3 Å². The predicted molar refractivity (Wildman–Crippen MR) is 92.3 cm³/mol. The third-order valence-corrected chi connectivity index (χ3v) is 8.17. The van der Waals surface area contributed by atoms with Crippen LogP contribution in [-0.4, -0.2) is 66.1 Å². The van der Waals surface area contributed by atoms with Crippen molar-refractivity contribution >= 4 is 30.5 Å². The van der Waals surface area contributed by atoms with Gasteiger partial charge in [-0.25, -0.2) is 8.42 Å². The van der Waals surface area contributed by atoms with Crippen LogP contribution in [0.1, 0.15) is 13.8 Å². The fourth-order valence-electron chi connectivity index (χ4n) is 2.46. The molecule has 1 fully saturated rings. The van der Waals surface area contributed by atoms with Crippen molar-refractivity contribution in [3.05, 3.63) is 24.3 Å². The highest BCUT2D eigenvalue weighted by Crippen LogP contribution is 2.22. The van der Waals surface area contributed by atoms with Crippen molar-refractivity contribution in [3.63, 3.8) is 0 Å². The Morgan fingerprint density at radius 2 is 1.42 bits per heavy atom. The molecule has 0 unspecified atom stereocenters. The van der Waals surface area contributed by atoms with E-state index in [0.717, 1.165) is 32.9 Å². The highest BCUT2D eigenvalue weighted by molar-refractivity contribution is 7.89. The summed E-state index contributed by atoms with van der Waals surface area (Å²) in [6.45, 7) is 3.03. The Kier molecular flexibility index (Phi) is 6.09. The average Bonchev–Trinajstić information content (AvgIpc) is 2.53. The lowest BCUT2D eigenvalue weighted by Crippen LogP contribution is -2.54. The summed E-state index contributed by atoms with van der Waals surface area (Å²) in [5, 5.41) is 0. The van der Waals surface area contributed by atoms with E-state index in [1.165, 1.54) is 0 Å². The molecule has 1 aliphatic rings. The minimum atomic E-state index is -5.03. The molecule has 0 amide bonds. The van der Waals surface area contributed by atoms with Crippen molar-refractivity contribution in [2.75, 3.05) is 26.2 Å². The summed E-state index contributed by atoms with van der Waals surface area (Å²) in [5.41, 5.74) is 0. The molecular formula is C13H20FN3O6S3. The van der Waals surface area contributed by atoms with Crippen molar-refractivity contribution in [2.24, 2.45) is 0 Å². The SMILES string of the molecule is CC(C)NS(=O)(=O)N1CCN(S(=O)(=O)c2cccc(S(=O)(=O)F)c2)CC1. The van der Waals surface area contributed by atoms with Crippen LogP contribution >= 0.6 is 0 Å². The van der Waals surface area contributed by atoms with Crippen LogP contribution in [0.5, 0.6) is 0 Å². The second kappa shape index (κ2) is 7.48. The molecule has 0 bridgehead atoms. The summed E-state index contributed by atoms with van der Waals surface area (Å²) < 4.78 is 89.1. The van der Waals surface area contributed by atoms with Gasteiger partial charge in [0, 0.05) is 32.2 Å². The number of sulfonamides is 1. The largest absolute Gasteiger partial charge is 0.332 e. The van der Waals surface area contributed by atoms with Gasteiger partial charge in [0.05, 0.1) is 9.79 Å². The second-order valence-corrected chi connectivity index (χ2v) is 11.0. The average molecular weight is 430 g/mol. The van der Waals surface area contributed by atoms with E-state index in [0.29, 0.717) is 0 Å². The molecule has 148 valence electrons. The molecule has 1 N–H and O–H groups in total. The highest BCUT2D eigenvalue weighted by Gasteiger charge is 2.33. The maximum Gasteiger partial charge on any atom is 0.332 e. The lowest BCUT2D eigenvalue weighted by molar-refractivity contribution is 0.269. The zero-order valence-corrected chi connectivity index (χ0v) is 16.6. The van der Waals surface area contributed by atoms with Crippen LogP contribution in [0.4, 0.5) is 3.89 Å². The molecule has 0 saturated carbocycles. The van der Waals surface area contributed by atoms with Crippen LogP contribution in [-0.2, 0) is 30.5 Å². The first kappa shape index (κ1) is 21.2. The number of piperazine rings is 1. The monoisotopic (exact) mass is 429 g/mol. The van der Waals surface area contributed by atoms with Gasteiger partial charge in [0.2, 0.25) is 10.0 Å². The quantitative estimate of drug-likeness (QED) is 0.630. The molecule has 0 aromatic heterocycles. The first-order valence-corrected chi connectivity index (χ1v) is 11.9. The normalized spacial score (nSPS) is 18.3. The third-order valence-electron chi connectivity index (χ3n) is 3.65. The Morgan fingerprint density at radius 3 is 1.92 bits per heavy atom. The first-order valence-electron chi connectivity index (χ1n) is 7.66. The van der Waals surface area contributed by atoms with E-state index in [-0.39, 0.29) is 37.1 Å². The van der Waals surface area contributed by atoms with Crippen molar-refractivity contribution in [2.45, 2.75) is 29.7 Å². The number of nitrogens with one attached hydrogen (secondary N) is 1. The number of rotatable bonds is 6. The van der Waals surface area contributed by atoms with Gasteiger partial charge in [-0.15, -0.1) is 3.89 Å². The summed E-state index contributed by atoms with van der Waals surface area (Å²) in [6, 6.07) is 3.69. The Morgan fingerprint density at radius 1 is 0.923 bits per heavy atom. The molecular weight excluding hydrogens is 409 g/mol. The Bertz CT molecular complexity index is 968. The number of hydrogen-bond donors (Lipinski definition) is 1. The van der Waals surface area contributed by atoms with E-state index >= 15 is 0 Å². The van der Waals surface area contributed by atoms with E-state index in [2.05, 4.69) is 4.72 Å². The van der Waals surface area contributed by atoms with Crippen LogP contribution in [0.15, 0.2) is 34.1 Å². The molecule has 1 aromatic carbocycles.